The van der Waals surface area contributed by atoms with Gasteiger partial charge < -0.3 is 15.8 Å². The highest BCUT2D eigenvalue weighted by Gasteiger charge is 2.24. The molecule has 1 aromatic heterocycles. The highest BCUT2D eigenvalue weighted by Crippen LogP contribution is 2.39. The largest absolute Gasteiger partial charge is 0.497 e. The Morgan fingerprint density at radius 3 is 2.91 bits per heavy atom. The lowest BCUT2D eigenvalue weighted by Crippen LogP contribution is -2.18. The Morgan fingerprint density at radius 1 is 1.36 bits per heavy atom. The minimum absolute atomic E-state index is 0.535. The van der Waals surface area contributed by atoms with Crippen molar-refractivity contribution in [3.05, 3.63) is 36.2 Å². The van der Waals surface area contributed by atoms with Crippen molar-refractivity contribution in [1.82, 2.24) is 9.97 Å². The van der Waals surface area contributed by atoms with Gasteiger partial charge in [-0.05, 0) is 25.0 Å². The number of aromatic nitrogens is 2. The average Bonchev–Trinajstić information content (AvgIpc) is 2.52. The molecule has 1 aromatic carbocycles. The van der Waals surface area contributed by atoms with E-state index in [9.17, 15) is 0 Å². The van der Waals surface area contributed by atoms with Gasteiger partial charge in [0, 0.05) is 24.6 Å². The molecule has 3 N–H and O–H groups in total. The number of rotatable bonds is 6. The van der Waals surface area contributed by atoms with Gasteiger partial charge in [-0.2, -0.15) is 0 Å². The van der Waals surface area contributed by atoms with Gasteiger partial charge in [0.1, 0.15) is 5.75 Å². The molecule has 1 fully saturated rings. The Hall–Kier alpha value is -2.14. The molecule has 0 bridgehead atoms. The molecule has 2 aromatic rings. The Bertz CT molecular complexity index is 640. The van der Waals surface area contributed by atoms with Crippen LogP contribution in [0.4, 0.5) is 5.69 Å². The summed E-state index contributed by atoms with van der Waals surface area (Å²) in [6.45, 7) is 1.34. The summed E-state index contributed by atoms with van der Waals surface area (Å²) < 4.78 is 5.28. The van der Waals surface area contributed by atoms with Crippen LogP contribution >= 0.6 is 0 Å². The lowest BCUT2D eigenvalue weighted by atomic mass is 9.82. The third kappa shape index (κ3) is 3.04. The molecule has 1 aliphatic carbocycles. The first-order valence-corrected chi connectivity index (χ1v) is 7.77. The van der Waals surface area contributed by atoms with E-state index in [1.54, 1.807) is 7.11 Å². The van der Waals surface area contributed by atoms with Gasteiger partial charge in [-0.15, -0.1) is 0 Å². The highest BCUT2D eigenvalue weighted by molar-refractivity contribution is 5.60. The van der Waals surface area contributed by atoms with Crippen LogP contribution in [0.5, 0.6) is 5.75 Å². The number of nitrogens with zero attached hydrogens (tertiary/aromatic N) is 2. The summed E-state index contributed by atoms with van der Waals surface area (Å²) in [6.07, 6.45) is 5.56. The molecule has 5 heteroatoms. The van der Waals surface area contributed by atoms with Gasteiger partial charge in [0.25, 0.3) is 0 Å². The van der Waals surface area contributed by atoms with Crippen molar-refractivity contribution in [1.29, 1.82) is 0 Å². The fraction of sp³-hybridized carbons (Fsp3) is 0.412. The molecule has 5 nitrogen and oxygen atoms in total. The topological polar surface area (TPSA) is 73.1 Å². The lowest BCUT2D eigenvalue weighted by molar-refractivity contribution is 0.411. The third-order valence-electron chi connectivity index (χ3n) is 4.10. The quantitative estimate of drug-likeness (QED) is 0.858. The summed E-state index contributed by atoms with van der Waals surface area (Å²) >= 11 is 0. The van der Waals surface area contributed by atoms with Gasteiger partial charge >= 0.3 is 0 Å². The molecule has 0 saturated heterocycles. The first kappa shape index (κ1) is 14.8. The molecule has 22 heavy (non-hydrogen) atoms. The van der Waals surface area contributed by atoms with Crippen LogP contribution in [0.2, 0.25) is 0 Å². The number of nitrogens with one attached hydrogen (secondary N) is 1. The molecule has 0 amide bonds. The highest BCUT2D eigenvalue weighted by atomic mass is 16.5. The fourth-order valence-corrected chi connectivity index (χ4v) is 2.63. The Kier molecular flexibility index (Phi) is 4.53. The van der Waals surface area contributed by atoms with E-state index in [0.717, 1.165) is 35.1 Å². The van der Waals surface area contributed by atoms with Crippen molar-refractivity contribution < 1.29 is 4.74 Å². The Morgan fingerprint density at radius 2 is 2.23 bits per heavy atom. The summed E-state index contributed by atoms with van der Waals surface area (Å²) in [6, 6.07) is 7.86. The van der Waals surface area contributed by atoms with E-state index in [1.807, 2.05) is 30.5 Å². The maximum atomic E-state index is 5.58. The van der Waals surface area contributed by atoms with Crippen LogP contribution in [0.25, 0.3) is 11.4 Å². The minimum atomic E-state index is 0.535. The molecule has 1 heterocycles. The molecule has 116 valence electrons. The van der Waals surface area contributed by atoms with Gasteiger partial charge in [-0.3, -0.25) is 0 Å². The summed E-state index contributed by atoms with van der Waals surface area (Å²) in [5.74, 6) is 2.10. The van der Waals surface area contributed by atoms with Gasteiger partial charge in [-0.1, -0.05) is 18.6 Å². The van der Waals surface area contributed by atoms with E-state index in [2.05, 4.69) is 10.3 Å². The maximum Gasteiger partial charge on any atom is 0.159 e. The second kappa shape index (κ2) is 6.75. The van der Waals surface area contributed by atoms with Crippen molar-refractivity contribution in [3.63, 3.8) is 0 Å². The van der Waals surface area contributed by atoms with Crippen molar-refractivity contribution in [2.24, 2.45) is 5.73 Å². The fourth-order valence-electron chi connectivity index (χ4n) is 2.63. The molecule has 3 rings (SSSR count). The first-order chi connectivity index (χ1) is 10.8. The molecular weight excluding hydrogens is 276 g/mol. The van der Waals surface area contributed by atoms with Gasteiger partial charge in [0.05, 0.1) is 24.7 Å². The number of hydrogen-bond acceptors (Lipinski definition) is 5. The molecule has 1 aliphatic rings. The zero-order valence-electron chi connectivity index (χ0n) is 12.9. The van der Waals surface area contributed by atoms with Crippen molar-refractivity contribution in [2.75, 3.05) is 25.5 Å². The number of methoxy groups -OCH3 is 1. The molecule has 0 unspecified atom stereocenters. The second-order valence-corrected chi connectivity index (χ2v) is 5.57. The van der Waals surface area contributed by atoms with Crippen LogP contribution in [0.15, 0.2) is 30.5 Å². The van der Waals surface area contributed by atoms with Gasteiger partial charge in [0.2, 0.25) is 0 Å². The van der Waals surface area contributed by atoms with Crippen LogP contribution in [0, 0.1) is 0 Å². The van der Waals surface area contributed by atoms with Crippen LogP contribution < -0.4 is 15.8 Å². The van der Waals surface area contributed by atoms with Crippen molar-refractivity contribution >= 4 is 5.69 Å². The smallest absolute Gasteiger partial charge is 0.159 e. The van der Waals surface area contributed by atoms with Gasteiger partial charge in [-0.25, -0.2) is 9.97 Å². The van der Waals surface area contributed by atoms with E-state index < -0.39 is 0 Å². The normalized spacial score (nSPS) is 14.5. The van der Waals surface area contributed by atoms with Crippen LogP contribution in [-0.2, 0) is 0 Å². The van der Waals surface area contributed by atoms with Crippen LogP contribution in [-0.4, -0.2) is 30.2 Å². The summed E-state index contributed by atoms with van der Waals surface area (Å²) in [5.41, 5.74) is 8.70. The molecule has 0 atom stereocenters. The third-order valence-corrected chi connectivity index (χ3v) is 4.10. The predicted octanol–water partition coefficient (Wildman–Crippen LogP) is 2.79. The molecular formula is C17H22N4O. The number of nitrogens with two attached hydrogens (primary N) is 1. The monoisotopic (exact) mass is 298 g/mol. The first-order valence-electron chi connectivity index (χ1n) is 7.77. The Labute approximate surface area is 130 Å². The van der Waals surface area contributed by atoms with Crippen LogP contribution in [0.3, 0.4) is 0 Å². The number of hydrogen-bond donors (Lipinski definition) is 2. The zero-order chi connectivity index (χ0) is 15.4. The molecule has 0 radical (unpaired) electrons. The summed E-state index contributed by atoms with van der Waals surface area (Å²) in [7, 11) is 1.67. The second-order valence-electron chi connectivity index (χ2n) is 5.57. The predicted molar refractivity (Wildman–Crippen MR) is 88.2 cm³/mol. The zero-order valence-corrected chi connectivity index (χ0v) is 12.9. The standard InChI is InChI=1S/C17H22N4O/c1-22-14-7-3-6-13(10-14)17-20-11-15(19-9-8-18)16(21-17)12-4-2-5-12/h3,6-7,10-12,19H,2,4-5,8-9,18H2,1H3. The molecule has 1 saturated carbocycles. The van der Waals surface area contributed by atoms with E-state index in [4.69, 9.17) is 15.5 Å². The molecule has 0 aliphatic heterocycles. The van der Waals surface area contributed by atoms with Crippen molar-refractivity contribution in [3.8, 4) is 17.1 Å². The van der Waals surface area contributed by atoms with E-state index in [-0.39, 0.29) is 0 Å². The number of anilines is 1. The number of benzene rings is 1. The van der Waals surface area contributed by atoms with E-state index in [0.29, 0.717) is 12.5 Å². The van der Waals surface area contributed by atoms with Crippen LogP contribution in [0.1, 0.15) is 30.9 Å². The summed E-state index contributed by atoms with van der Waals surface area (Å²) in [4.78, 5) is 9.33. The Balaban J connectivity index is 1.94. The van der Waals surface area contributed by atoms with E-state index >= 15 is 0 Å². The SMILES string of the molecule is COc1cccc(-c2ncc(NCCN)c(C3CCC3)n2)c1. The number of ether oxygens (including phenoxy) is 1. The lowest BCUT2D eigenvalue weighted by Gasteiger charge is -2.27. The average molecular weight is 298 g/mol. The van der Waals surface area contributed by atoms with Crippen molar-refractivity contribution in [2.45, 2.75) is 25.2 Å². The van der Waals surface area contributed by atoms with E-state index in [1.165, 1.54) is 19.3 Å². The summed E-state index contributed by atoms with van der Waals surface area (Å²) in [5, 5.41) is 3.34. The molecule has 0 spiro atoms. The minimum Gasteiger partial charge on any atom is -0.497 e. The van der Waals surface area contributed by atoms with Gasteiger partial charge in [0.15, 0.2) is 5.82 Å². The maximum absolute atomic E-state index is 5.58.